The fourth-order valence-electron chi connectivity index (χ4n) is 3.85. The summed E-state index contributed by atoms with van der Waals surface area (Å²) in [6.45, 7) is 0. The monoisotopic (exact) mass is 272 g/mol. The number of nitrogens with two attached hydrogens (primary N) is 1. The molecule has 3 nitrogen and oxygen atoms in total. The highest BCUT2D eigenvalue weighted by Crippen LogP contribution is 2.62. The van der Waals surface area contributed by atoms with E-state index < -0.39 is 0 Å². The van der Waals surface area contributed by atoms with E-state index in [1.54, 1.807) is 12.1 Å². The van der Waals surface area contributed by atoms with Gasteiger partial charge in [0, 0.05) is 5.92 Å². The first-order valence-corrected chi connectivity index (χ1v) is 7.26. The number of hydrogen-bond donors (Lipinski definition) is 1. The van der Waals surface area contributed by atoms with Crippen LogP contribution in [-0.4, -0.2) is 5.16 Å². The number of anilines is 1. The zero-order valence-electron chi connectivity index (χ0n) is 11.2. The molecule has 2 saturated carbocycles. The van der Waals surface area contributed by atoms with Gasteiger partial charge in [0.1, 0.15) is 5.82 Å². The largest absolute Gasteiger partial charge is 0.367 e. The van der Waals surface area contributed by atoms with Gasteiger partial charge in [0.2, 0.25) is 5.88 Å². The number of halogens is 1. The van der Waals surface area contributed by atoms with E-state index in [0.717, 1.165) is 28.7 Å². The summed E-state index contributed by atoms with van der Waals surface area (Å²) in [4.78, 5) is 0. The molecule has 1 aromatic carbocycles. The third-order valence-corrected chi connectivity index (χ3v) is 4.85. The molecule has 0 saturated heterocycles. The molecule has 2 fully saturated rings. The average molecular weight is 272 g/mol. The lowest BCUT2D eigenvalue weighted by Gasteiger charge is -2.04. The van der Waals surface area contributed by atoms with Crippen LogP contribution < -0.4 is 5.73 Å². The predicted octanol–water partition coefficient (Wildman–Crippen LogP) is 3.97. The van der Waals surface area contributed by atoms with Crippen LogP contribution in [0.1, 0.15) is 37.3 Å². The van der Waals surface area contributed by atoms with Gasteiger partial charge in [-0.3, -0.25) is 0 Å². The molecule has 1 aromatic heterocycles. The third kappa shape index (κ3) is 1.74. The minimum atomic E-state index is -0.245. The molecule has 4 rings (SSSR count). The summed E-state index contributed by atoms with van der Waals surface area (Å²) in [7, 11) is 0. The smallest absolute Gasteiger partial charge is 0.230 e. The molecular weight excluding hydrogens is 255 g/mol. The highest BCUT2D eigenvalue weighted by atomic mass is 19.1. The molecule has 0 radical (unpaired) electrons. The van der Waals surface area contributed by atoms with Crippen LogP contribution in [0.4, 0.5) is 10.3 Å². The van der Waals surface area contributed by atoms with Gasteiger partial charge in [0.25, 0.3) is 0 Å². The van der Waals surface area contributed by atoms with Gasteiger partial charge in [-0.15, -0.1) is 0 Å². The van der Waals surface area contributed by atoms with Crippen molar-refractivity contribution in [2.45, 2.75) is 31.6 Å². The topological polar surface area (TPSA) is 52.0 Å². The second-order valence-corrected chi connectivity index (χ2v) is 5.95. The average Bonchev–Trinajstić information content (AvgIpc) is 3.08. The molecule has 2 aliphatic carbocycles. The van der Waals surface area contributed by atoms with Crippen molar-refractivity contribution in [3.05, 3.63) is 35.8 Å². The van der Waals surface area contributed by atoms with Crippen molar-refractivity contribution in [3.63, 3.8) is 0 Å². The summed E-state index contributed by atoms with van der Waals surface area (Å²) < 4.78 is 18.3. The summed E-state index contributed by atoms with van der Waals surface area (Å²) in [5.41, 5.74) is 8.68. The van der Waals surface area contributed by atoms with Gasteiger partial charge >= 0.3 is 0 Å². The third-order valence-electron chi connectivity index (χ3n) is 4.85. The Hall–Kier alpha value is -1.84. The number of rotatable bonds is 2. The van der Waals surface area contributed by atoms with Crippen LogP contribution in [0, 0.1) is 17.7 Å². The van der Waals surface area contributed by atoms with Crippen LogP contribution >= 0.6 is 0 Å². The van der Waals surface area contributed by atoms with Gasteiger partial charge in [-0.1, -0.05) is 30.1 Å². The first kappa shape index (κ1) is 11.9. The van der Waals surface area contributed by atoms with E-state index in [2.05, 4.69) is 5.16 Å². The first-order chi connectivity index (χ1) is 9.75. The van der Waals surface area contributed by atoms with Gasteiger partial charge < -0.3 is 10.3 Å². The summed E-state index contributed by atoms with van der Waals surface area (Å²) in [6, 6.07) is 6.39. The van der Waals surface area contributed by atoms with Crippen LogP contribution in [0.25, 0.3) is 11.1 Å². The van der Waals surface area contributed by atoms with E-state index in [1.807, 2.05) is 0 Å². The Morgan fingerprint density at radius 1 is 1.10 bits per heavy atom. The highest BCUT2D eigenvalue weighted by Gasteiger charge is 2.53. The molecule has 20 heavy (non-hydrogen) atoms. The minimum Gasteiger partial charge on any atom is -0.367 e. The molecule has 2 aliphatic rings. The Labute approximate surface area is 117 Å². The van der Waals surface area contributed by atoms with E-state index in [1.165, 1.54) is 37.8 Å². The standard InChI is InChI=1S/C16H17FN2O/c17-10-7-5-9(6-8-10)13-15(19-20-16(13)18)14-11-3-1-2-4-12(11)14/h5-8,11-12,14H,1-4,18H2. The van der Waals surface area contributed by atoms with Crippen molar-refractivity contribution in [1.29, 1.82) is 0 Å². The lowest BCUT2D eigenvalue weighted by molar-refractivity contribution is 0.426. The number of aromatic nitrogens is 1. The normalized spacial score (nSPS) is 28.1. The van der Waals surface area contributed by atoms with Crippen molar-refractivity contribution in [2.24, 2.45) is 11.8 Å². The predicted molar refractivity (Wildman–Crippen MR) is 74.5 cm³/mol. The summed E-state index contributed by atoms with van der Waals surface area (Å²) >= 11 is 0. The van der Waals surface area contributed by atoms with E-state index in [4.69, 9.17) is 10.3 Å². The SMILES string of the molecule is Nc1onc(C2C3CCCCC32)c1-c1ccc(F)cc1. The molecule has 0 aliphatic heterocycles. The van der Waals surface area contributed by atoms with Crippen molar-refractivity contribution >= 4 is 5.88 Å². The maximum atomic E-state index is 13.1. The Balaban J connectivity index is 1.73. The molecule has 4 heteroatoms. The molecule has 2 atom stereocenters. The lowest BCUT2D eigenvalue weighted by atomic mass is 10.0. The van der Waals surface area contributed by atoms with Crippen LogP contribution in [0.2, 0.25) is 0 Å². The lowest BCUT2D eigenvalue weighted by Crippen LogP contribution is -1.91. The van der Waals surface area contributed by atoms with Crippen molar-refractivity contribution in [3.8, 4) is 11.1 Å². The van der Waals surface area contributed by atoms with Gasteiger partial charge in [-0.2, -0.15) is 0 Å². The molecule has 2 N–H and O–H groups in total. The Kier molecular flexibility index (Phi) is 2.59. The molecule has 0 bridgehead atoms. The van der Waals surface area contributed by atoms with Gasteiger partial charge in [0.05, 0.1) is 11.3 Å². The minimum absolute atomic E-state index is 0.245. The van der Waals surface area contributed by atoms with Crippen molar-refractivity contribution < 1.29 is 8.91 Å². The second-order valence-electron chi connectivity index (χ2n) is 5.95. The van der Waals surface area contributed by atoms with Crippen molar-refractivity contribution in [1.82, 2.24) is 5.16 Å². The zero-order valence-corrected chi connectivity index (χ0v) is 11.2. The maximum Gasteiger partial charge on any atom is 0.230 e. The summed E-state index contributed by atoms with van der Waals surface area (Å²) in [5.74, 6) is 2.07. The fourth-order valence-corrected chi connectivity index (χ4v) is 3.85. The molecule has 0 amide bonds. The Morgan fingerprint density at radius 2 is 1.75 bits per heavy atom. The number of benzene rings is 1. The molecule has 1 heterocycles. The van der Waals surface area contributed by atoms with Crippen LogP contribution in [0.5, 0.6) is 0 Å². The number of nitrogen functional groups attached to an aromatic ring is 1. The number of nitrogens with zero attached hydrogens (tertiary/aromatic N) is 1. The molecule has 2 unspecified atom stereocenters. The van der Waals surface area contributed by atoms with Crippen LogP contribution in [-0.2, 0) is 0 Å². The Bertz CT molecular complexity index is 622. The van der Waals surface area contributed by atoms with Crippen molar-refractivity contribution in [2.75, 3.05) is 5.73 Å². The Morgan fingerprint density at radius 3 is 2.40 bits per heavy atom. The first-order valence-electron chi connectivity index (χ1n) is 7.26. The maximum absolute atomic E-state index is 13.1. The number of fused-ring (bicyclic) bond motifs is 1. The van der Waals surface area contributed by atoms with Gasteiger partial charge in [-0.25, -0.2) is 4.39 Å². The summed E-state index contributed by atoms with van der Waals surface area (Å²) in [5, 5.41) is 4.21. The quantitative estimate of drug-likeness (QED) is 0.900. The highest BCUT2D eigenvalue weighted by molar-refractivity contribution is 5.76. The second kappa shape index (κ2) is 4.33. The summed E-state index contributed by atoms with van der Waals surface area (Å²) in [6.07, 6.45) is 5.20. The van der Waals surface area contributed by atoms with E-state index in [-0.39, 0.29) is 5.82 Å². The molecule has 104 valence electrons. The molecule has 0 spiro atoms. The van der Waals surface area contributed by atoms with Crippen LogP contribution in [0.3, 0.4) is 0 Å². The van der Waals surface area contributed by atoms with E-state index in [9.17, 15) is 4.39 Å². The molecule has 2 aromatic rings. The van der Waals surface area contributed by atoms with Gasteiger partial charge in [0.15, 0.2) is 0 Å². The number of hydrogen-bond acceptors (Lipinski definition) is 3. The molecular formula is C16H17FN2O. The fraction of sp³-hybridized carbons (Fsp3) is 0.438. The van der Waals surface area contributed by atoms with Crippen LogP contribution in [0.15, 0.2) is 28.8 Å². The zero-order chi connectivity index (χ0) is 13.7. The van der Waals surface area contributed by atoms with E-state index >= 15 is 0 Å². The van der Waals surface area contributed by atoms with Gasteiger partial charge in [-0.05, 0) is 42.4 Å². The van der Waals surface area contributed by atoms with E-state index in [0.29, 0.717) is 11.8 Å².